The molecule has 2 rings (SSSR count). The Balaban J connectivity index is 1.89. The number of hydrogen-bond acceptors (Lipinski definition) is 4. The Kier molecular flexibility index (Phi) is 4.49. The molecule has 1 aromatic carbocycles. The van der Waals surface area contributed by atoms with Gasteiger partial charge in [-0.3, -0.25) is 14.8 Å². The second-order valence-corrected chi connectivity index (χ2v) is 4.90. The van der Waals surface area contributed by atoms with E-state index in [1.165, 1.54) is 12.1 Å². The number of aromatic nitrogens is 2. The predicted molar refractivity (Wildman–Crippen MR) is 84.1 cm³/mol. The highest BCUT2D eigenvalue weighted by atomic mass is 32.1. The first-order valence-electron chi connectivity index (χ1n) is 6.24. The lowest BCUT2D eigenvalue weighted by atomic mass is 10.2. The zero-order valence-corrected chi connectivity index (χ0v) is 12.5. The van der Waals surface area contributed by atoms with Crippen molar-refractivity contribution in [1.82, 2.24) is 15.1 Å². The van der Waals surface area contributed by atoms with Gasteiger partial charge in [0.2, 0.25) is 0 Å². The number of hydrogen-bond donors (Lipinski definition) is 2. The van der Waals surface area contributed by atoms with Crippen molar-refractivity contribution in [1.29, 1.82) is 0 Å². The molecular weight excluding hydrogens is 290 g/mol. The second kappa shape index (κ2) is 6.31. The summed E-state index contributed by atoms with van der Waals surface area (Å²) in [6, 6.07) is 6.08. The number of nitrogens with zero attached hydrogens (tertiary/aromatic N) is 3. The molecule has 0 saturated heterocycles. The fourth-order valence-electron chi connectivity index (χ4n) is 1.73. The Morgan fingerprint density at radius 2 is 2.10 bits per heavy atom. The molecule has 0 unspecified atom stereocenters. The summed E-state index contributed by atoms with van der Waals surface area (Å²) in [4.78, 5) is 10.1. The van der Waals surface area contributed by atoms with E-state index in [1.54, 1.807) is 23.0 Å². The van der Waals surface area contributed by atoms with E-state index >= 15 is 0 Å². The van der Waals surface area contributed by atoms with Gasteiger partial charge in [-0.15, -0.1) is 0 Å². The molecule has 0 aliphatic carbocycles. The van der Waals surface area contributed by atoms with Gasteiger partial charge in [0.05, 0.1) is 11.1 Å². The van der Waals surface area contributed by atoms with E-state index < -0.39 is 4.92 Å². The van der Waals surface area contributed by atoms with Crippen molar-refractivity contribution in [3.63, 3.8) is 0 Å². The van der Waals surface area contributed by atoms with Crippen LogP contribution in [-0.4, -0.2) is 19.8 Å². The maximum atomic E-state index is 10.6. The maximum absolute atomic E-state index is 10.6. The van der Waals surface area contributed by atoms with Gasteiger partial charge >= 0.3 is 0 Å². The van der Waals surface area contributed by atoms with Crippen LogP contribution in [0.3, 0.4) is 0 Å². The number of benzene rings is 1. The Labute approximate surface area is 127 Å². The molecule has 0 spiro atoms. The van der Waals surface area contributed by atoms with Gasteiger partial charge < -0.3 is 10.6 Å². The zero-order chi connectivity index (χ0) is 15.4. The van der Waals surface area contributed by atoms with E-state index in [0.29, 0.717) is 17.3 Å². The van der Waals surface area contributed by atoms with Crippen LogP contribution in [0.2, 0.25) is 0 Å². The standard InChI is InChI=1S/C13H15N5O2S/c1-9-10(8-15-17(9)2)7-14-13(21)16-11-3-5-12(6-4-11)18(19)20/h3-6,8H,7H2,1-2H3,(H2,14,16,21). The van der Waals surface area contributed by atoms with Gasteiger partial charge in [-0.05, 0) is 31.3 Å². The molecule has 0 aliphatic rings. The third-order valence-corrected chi connectivity index (χ3v) is 3.36. The zero-order valence-electron chi connectivity index (χ0n) is 11.7. The minimum Gasteiger partial charge on any atom is -0.358 e. The fourth-order valence-corrected chi connectivity index (χ4v) is 1.92. The molecule has 2 aromatic rings. The van der Waals surface area contributed by atoms with Crippen molar-refractivity contribution >= 4 is 28.7 Å². The second-order valence-electron chi connectivity index (χ2n) is 4.49. The lowest BCUT2D eigenvalue weighted by Gasteiger charge is -2.10. The van der Waals surface area contributed by atoms with Crippen molar-refractivity contribution in [2.45, 2.75) is 13.5 Å². The maximum Gasteiger partial charge on any atom is 0.269 e. The van der Waals surface area contributed by atoms with Crippen molar-refractivity contribution < 1.29 is 4.92 Å². The molecular formula is C13H15N5O2S. The Morgan fingerprint density at radius 1 is 1.43 bits per heavy atom. The van der Waals surface area contributed by atoms with Gasteiger partial charge in [-0.25, -0.2) is 0 Å². The molecule has 0 atom stereocenters. The van der Waals surface area contributed by atoms with E-state index in [2.05, 4.69) is 15.7 Å². The van der Waals surface area contributed by atoms with E-state index in [1.807, 2.05) is 14.0 Å². The van der Waals surface area contributed by atoms with Gasteiger partial charge in [0.25, 0.3) is 5.69 Å². The quantitative estimate of drug-likeness (QED) is 0.511. The number of nitro groups is 1. The Morgan fingerprint density at radius 3 is 2.62 bits per heavy atom. The summed E-state index contributed by atoms with van der Waals surface area (Å²) in [5.41, 5.74) is 2.87. The Hall–Kier alpha value is -2.48. The minimum atomic E-state index is -0.439. The molecule has 2 N–H and O–H groups in total. The molecule has 110 valence electrons. The van der Waals surface area contributed by atoms with Gasteiger partial charge in [0.1, 0.15) is 0 Å². The van der Waals surface area contributed by atoms with E-state index in [4.69, 9.17) is 12.2 Å². The van der Waals surface area contributed by atoms with Crippen LogP contribution in [0.4, 0.5) is 11.4 Å². The molecule has 0 aliphatic heterocycles. The molecule has 21 heavy (non-hydrogen) atoms. The first kappa shape index (κ1) is 14.9. The van der Waals surface area contributed by atoms with Gasteiger partial charge in [0, 0.05) is 42.7 Å². The van der Waals surface area contributed by atoms with E-state index in [0.717, 1.165) is 11.3 Å². The number of anilines is 1. The number of nitrogens with one attached hydrogen (secondary N) is 2. The smallest absolute Gasteiger partial charge is 0.269 e. The van der Waals surface area contributed by atoms with Crippen LogP contribution >= 0.6 is 12.2 Å². The van der Waals surface area contributed by atoms with E-state index in [9.17, 15) is 10.1 Å². The number of nitro benzene ring substituents is 1. The average molecular weight is 305 g/mol. The van der Waals surface area contributed by atoms with Gasteiger partial charge in [0.15, 0.2) is 5.11 Å². The Bertz CT molecular complexity index is 666. The van der Waals surface area contributed by atoms with Crippen LogP contribution in [0, 0.1) is 17.0 Å². The minimum absolute atomic E-state index is 0.0467. The van der Waals surface area contributed by atoms with Crippen molar-refractivity contribution in [2.24, 2.45) is 7.05 Å². The first-order valence-corrected chi connectivity index (χ1v) is 6.65. The molecule has 1 aromatic heterocycles. The third kappa shape index (κ3) is 3.76. The molecule has 0 bridgehead atoms. The fraction of sp³-hybridized carbons (Fsp3) is 0.231. The highest BCUT2D eigenvalue weighted by Crippen LogP contribution is 2.15. The molecule has 0 radical (unpaired) electrons. The van der Waals surface area contributed by atoms with Crippen molar-refractivity contribution in [2.75, 3.05) is 5.32 Å². The van der Waals surface area contributed by atoms with Crippen LogP contribution in [0.5, 0.6) is 0 Å². The third-order valence-electron chi connectivity index (χ3n) is 3.11. The van der Waals surface area contributed by atoms with Crippen molar-refractivity contribution in [3.05, 3.63) is 51.8 Å². The lowest BCUT2D eigenvalue weighted by Crippen LogP contribution is -2.28. The first-order chi connectivity index (χ1) is 9.97. The summed E-state index contributed by atoms with van der Waals surface area (Å²) in [6.07, 6.45) is 1.79. The number of aryl methyl sites for hydroxylation is 1. The molecule has 0 saturated carbocycles. The summed E-state index contributed by atoms with van der Waals surface area (Å²) < 4.78 is 1.80. The van der Waals surface area contributed by atoms with Crippen LogP contribution in [0.25, 0.3) is 0 Å². The molecule has 0 amide bonds. The van der Waals surface area contributed by atoms with E-state index in [-0.39, 0.29) is 5.69 Å². The predicted octanol–water partition coefficient (Wildman–Crippen LogP) is 2.12. The normalized spacial score (nSPS) is 10.2. The number of rotatable bonds is 4. The van der Waals surface area contributed by atoms with Crippen LogP contribution in [0.1, 0.15) is 11.3 Å². The monoisotopic (exact) mass is 305 g/mol. The SMILES string of the molecule is Cc1c(CNC(=S)Nc2ccc([N+](=O)[O-])cc2)cnn1C. The van der Waals surface area contributed by atoms with Gasteiger partial charge in [-0.1, -0.05) is 0 Å². The molecule has 7 nitrogen and oxygen atoms in total. The van der Waals surface area contributed by atoms with Crippen LogP contribution in [0.15, 0.2) is 30.5 Å². The summed E-state index contributed by atoms with van der Waals surface area (Å²) in [5.74, 6) is 0. The molecule has 8 heteroatoms. The molecule has 1 heterocycles. The van der Waals surface area contributed by atoms with Crippen LogP contribution < -0.4 is 10.6 Å². The summed E-state index contributed by atoms with van der Waals surface area (Å²) in [6.45, 7) is 2.55. The lowest BCUT2D eigenvalue weighted by molar-refractivity contribution is -0.384. The largest absolute Gasteiger partial charge is 0.358 e. The highest BCUT2D eigenvalue weighted by Gasteiger charge is 2.06. The topological polar surface area (TPSA) is 85.0 Å². The van der Waals surface area contributed by atoms with Gasteiger partial charge in [-0.2, -0.15) is 5.10 Å². The summed E-state index contributed by atoms with van der Waals surface area (Å²) in [5, 5.41) is 21.2. The highest BCUT2D eigenvalue weighted by molar-refractivity contribution is 7.80. The number of non-ortho nitro benzene ring substituents is 1. The van der Waals surface area contributed by atoms with Crippen molar-refractivity contribution in [3.8, 4) is 0 Å². The number of thiocarbonyl (C=S) groups is 1. The summed E-state index contributed by atoms with van der Waals surface area (Å²) >= 11 is 5.19. The molecule has 0 fully saturated rings. The van der Waals surface area contributed by atoms with Crippen LogP contribution in [-0.2, 0) is 13.6 Å². The average Bonchev–Trinajstić information content (AvgIpc) is 2.77. The summed E-state index contributed by atoms with van der Waals surface area (Å²) in [7, 11) is 1.88.